The van der Waals surface area contributed by atoms with E-state index < -0.39 is 0 Å². The molecule has 2 unspecified atom stereocenters. The third-order valence-electron chi connectivity index (χ3n) is 4.89. The van der Waals surface area contributed by atoms with Crippen molar-refractivity contribution < 1.29 is 9.84 Å². The molecule has 1 fully saturated rings. The van der Waals surface area contributed by atoms with Crippen molar-refractivity contribution in [2.24, 2.45) is 5.92 Å². The second-order valence-corrected chi connectivity index (χ2v) is 7.89. The van der Waals surface area contributed by atoms with E-state index in [1.165, 1.54) is 16.9 Å². The van der Waals surface area contributed by atoms with E-state index in [2.05, 4.69) is 35.2 Å². The molecule has 3 nitrogen and oxygen atoms in total. The smallest absolute Gasteiger partial charge is 0.141 e. The van der Waals surface area contributed by atoms with Crippen LogP contribution in [0.5, 0.6) is 11.5 Å². The molecule has 0 aromatic heterocycles. The first kappa shape index (κ1) is 16.0. The average molecular weight is 341 g/mol. The summed E-state index contributed by atoms with van der Waals surface area (Å²) in [4.78, 5) is 3.71. The van der Waals surface area contributed by atoms with Gasteiger partial charge in [0, 0.05) is 25.3 Å². The number of aliphatic hydroxyl groups is 1. The van der Waals surface area contributed by atoms with Crippen LogP contribution in [0.2, 0.25) is 0 Å². The number of ether oxygens (including phenoxy) is 1. The molecule has 4 rings (SSSR count). The lowest BCUT2D eigenvalue weighted by atomic mass is 9.98. The fraction of sp³-hybridized carbons (Fsp3) is 0.400. The topological polar surface area (TPSA) is 32.7 Å². The second kappa shape index (κ2) is 7.18. The van der Waals surface area contributed by atoms with Crippen LogP contribution < -0.4 is 4.74 Å². The van der Waals surface area contributed by atoms with E-state index in [9.17, 15) is 5.11 Å². The lowest BCUT2D eigenvalue weighted by Crippen LogP contribution is -2.38. The summed E-state index contributed by atoms with van der Waals surface area (Å²) in [5.74, 6) is 2.34. The Balaban J connectivity index is 1.61. The van der Waals surface area contributed by atoms with Crippen LogP contribution >= 0.6 is 11.8 Å². The molecule has 0 spiro atoms. The Kier molecular flexibility index (Phi) is 4.79. The van der Waals surface area contributed by atoms with Crippen LogP contribution in [0, 0.1) is 5.92 Å². The van der Waals surface area contributed by atoms with E-state index in [0.29, 0.717) is 17.8 Å². The van der Waals surface area contributed by atoms with Gasteiger partial charge >= 0.3 is 0 Å². The number of hydrogen-bond donors (Lipinski definition) is 1. The number of para-hydroxylation sites is 2. The van der Waals surface area contributed by atoms with E-state index in [1.807, 2.05) is 30.0 Å². The van der Waals surface area contributed by atoms with Crippen LogP contribution in [0.25, 0.3) is 0 Å². The van der Waals surface area contributed by atoms with Gasteiger partial charge in [-0.25, -0.2) is 0 Å². The summed E-state index contributed by atoms with van der Waals surface area (Å²) in [5, 5.41) is 9.85. The first-order valence-electron chi connectivity index (χ1n) is 8.69. The fourth-order valence-electron chi connectivity index (χ4n) is 3.64. The van der Waals surface area contributed by atoms with Gasteiger partial charge < -0.3 is 14.7 Å². The fourth-order valence-corrected chi connectivity index (χ4v) is 4.94. The highest BCUT2D eigenvalue weighted by molar-refractivity contribution is 7.99. The van der Waals surface area contributed by atoms with E-state index in [1.54, 1.807) is 0 Å². The van der Waals surface area contributed by atoms with Crippen molar-refractivity contribution in [1.29, 1.82) is 0 Å². The minimum atomic E-state index is 0.302. The van der Waals surface area contributed by atoms with Crippen molar-refractivity contribution in [2.45, 2.75) is 23.0 Å². The normalized spacial score (nSPS) is 23.7. The first-order valence-corrected chi connectivity index (χ1v) is 9.57. The van der Waals surface area contributed by atoms with Gasteiger partial charge in [-0.15, -0.1) is 11.8 Å². The average Bonchev–Trinajstić information content (AvgIpc) is 2.78. The van der Waals surface area contributed by atoms with Crippen molar-refractivity contribution in [1.82, 2.24) is 4.90 Å². The summed E-state index contributed by atoms with van der Waals surface area (Å²) in [6.07, 6.45) is 2.32. The Morgan fingerprint density at radius 1 is 1.08 bits per heavy atom. The van der Waals surface area contributed by atoms with Crippen molar-refractivity contribution in [3.05, 3.63) is 54.1 Å². The zero-order valence-electron chi connectivity index (χ0n) is 13.7. The second-order valence-electron chi connectivity index (χ2n) is 6.64. The number of piperidine rings is 1. The Labute approximate surface area is 147 Å². The standard InChI is InChI=1S/C20H23NO2S/c22-14-15-6-5-11-21(12-15)13-20-16-7-1-2-8-17(16)23-18-9-3-4-10-19(18)24-20/h1-4,7-10,15,20,22H,5-6,11-14H2. The number of benzene rings is 2. The lowest BCUT2D eigenvalue weighted by Gasteiger charge is -2.34. The molecule has 2 aromatic carbocycles. The van der Waals surface area contributed by atoms with Gasteiger partial charge in [0.1, 0.15) is 11.5 Å². The number of rotatable bonds is 3. The van der Waals surface area contributed by atoms with E-state index in [0.717, 1.165) is 37.6 Å². The highest BCUT2D eigenvalue weighted by Crippen LogP contribution is 2.48. The molecule has 24 heavy (non-hydrogen) atoms. The Bertz CT molecular complexity index is 706. The SMILES string of the molecule is OCC1CCCN(CC2Sc3ccccc3Oc3ccccc32)C1. The summed E-state index contributed by atoms with van der Waals surface area (Å²) in [6.45, 7) is 3.42. The summed E-state index contributed by atoms with van der Waals surface area (Å²) in [5.41, 5.74) is 1.27. The molecule has 2 atom stereocenters. The molecule has 126 valence electrons. The molecule has 1 N–H and O–H groups in total. The van der Waals surface area contributed by atoms with Gasteiger partial charge in [-0.2, -0.15) is 0 Å². The minimum absolute atomic E-state index is 0.302. The van der Waals surface area contributed by atoms with Crippen LogP contribution in [0.3, 0.4) is 0 Å². The van der Waals surface area contributed by atoms with Crippen LogP contribution in [-0.2, 0) is 0 Å². The Morgan fingerprint density at radius 3 is 2.75 bits per heavy atom. The molecular weight excluding hydrogens is 318 g/mol. The maximum absolute atomic E-state index is 9.50. The number of thioether (sulfide) groups is 1. The van der Waals surface area contributed by atoms with Gasteiger partial charge in [0.25, 0.3) is 0 Å². The summed E-state index contributed by atoms with van der Waals surface area (Å²) < 4.78 is 6.18. The van der Waals surface area contributed by atoms with Crippen LogP contribution in [0.4, 0.5) is 0 Å². The third-order valence-corrected chi connectivity index (χ3v) is 6.17. The van der Waals surface area contributed by atoms with Crippen molar-refractivity contribution in [3.63, 3.8) is 0 Å². The third kappa shape index (κ3) is 3.32. The highest BCUT2D eigenvalue weighted by Gasteiger charge is 2.28. The molecule has 0 bridgehead atoms. The van der Waals surface area contributed by atoms with Gasteiger partial charge in [0.05, 0.1) is 10.1 Å². The molecule has 2 heterocycles. The highest BCUT2D eigenvalue weighted by atomic mass is 32.2. The molecule has 2 aliphatic rings. The summed E-state index contributed by atoms with van der Waals surface area (Å²) in [6, 6.07) is 16.7. The van der Waals surface area contributed by atoms with Gasteiger partial charge in [-0.1, -0.05) is 30.3 Å². The number of hydrogen-bond acceptors (Lipinski definition) is 4. The molecule has 0 aliphatic carbocycles. The number of nitrogens with zero attached hydrogens (tertiary/aromatic N) is 1. The van der Waals surface area contributed by atoms with Crippen molar-refractivity contribution in [3.8, 4) is 11.5 Å². The zero-order valence-corrected chi connectivity index (χ0v) is 14.5. The Hall–Kier alpha value is -1.49. The Morgan fingerprint density at radius 2 is 1.88 bits per heavy atom. The molecule has 0 radical (unpaired) electrons. The monoisotopic (exact) mass is 341 g/mol. The predicted molar refractivity (Wildman–Crippen MR) is 97.8 cm³/mol. The van der Waals surface area contributed by atoms with E-state index >= 15 is 0 Å². The molecular formula is C20H23NO2S. The molecule has 2 aliphatic heterocycles. The lowest BCUT2D eigenvalue weighted by molar-refractivity contribution is 0.121. The maximum Gasteiger partial charge on any atom is 0.141 e. The van der Waals surface area contributed by atoms with Gasteiger partial charge in [-0.05, 0) is 43.5 Å². The molecule has 0 saturated carbocycles. The maximum atomic E-state index is 9.50. The largest absolute Gasteiger partial charge is 0.456 e. The number of likely N-dealkylation sites (tertiary alicyclic amines) is 1. The summed E-state index contributed by atoms with van der Waals surface area (Å²) >= 11 is 1.89. The van der Waals surface area contributed by atoms with Crippen LogP contribution in [-0.4, -0.2) is 36.2 Å². The zero-order chi connectivity index (χ0) is 16.4. The number of aliphatic hydroxyl groups excluding tert-OH is 1. The van der Waals surface area contributed by atoms with E-state index in [-0.39, 0.29) is 0 Å². The van der Waals surface area contributed by atoms with Gasteiger partial charge in [-0.3, -0.25) is 0 Å². The first-order chi connectivity index (χ1) is 11.8. The predicted octanol–water partition coefficient (Wildman–Crippen LogP) is 4.33. The van der Waals surface area contributed by atoms with Gasteiger partial charge in [0.15, 0.2) is 0 Å². The molecule has 0 amide bonds. The van der Waals surface area contributed by atoms with Gasteiger partial charge in [0.2, 0.25) is 0 Å². The van der Waals surface area contributed by atoms with Crippen LogP contribution in [0.15, 0.2) is 53.4 Å². The van der Waals surface area contributed by atoms with Crippen LogP contribution in [0.1, 0.15) is 23.7 Å². The number of fused-ring (bicyclic) bond motifs is 2. The van der Waals surface area contributed by atoms with Crippen molar-refractivity contribution in [2.75, 3.05) is 26.2 Å². The quantitative estimate of drug-likeness (QED) is 0.901. The van der Waals surface area contributed by atoms with E-state index in [4.69, 9.17) is 4.74 Å². The molecule has 1 saturated heterocycles. The van der Waals surface area contributed by atoms with Crippen molar-refractivity contribution >= 4 is 11.8 Å². The minimum Gasteiger partial charge on any atom is -0.456 e. The summed E-state index contributed by atoms with van der Waals surface area (Å²) in [7, 11) is 0. The molecule has 4 heteroatoms. The molecule has 2 aromatic rings.